The summed E-state index contributed by atoms with van der Waals surface area (Å²) in [4.78, 5) is 15.2. The predicted octanol–water partition coefficient (Wildman–Crippen LogP) is 5.06. The molecule has 0 aliphatic rings. The molecule has 0 bridgehead atoms. The number of ether oxygens (including phenoxy) is 1. The lowest BCUT2D eigenvalue weighted by molar-refractivity contribution is -0.137. The Morgan fingerprint density at radius 1 is 1.23 bits per heavy atom. The maximum atomic E-state index is 10.7. The highest BCUT2D eigenvalue weighted by Crippen LogP contribution is 2.31. The maximum absolute atomic E-state index is 10.7. The first-order chi connectivity index (χ1) is 14.9. The first-order valence-corrected chi connectivity index (χ1v) is 10.3. The van der Waals surface area contributed by atoms with Crippen molar-refractivity contribution >= 4 is 28.5 Å². The average Bonchev–Trinajstić information content (AvgIpc) is 3.36. The van der Waals surface area contributed by atoms with Crippen molar-refractivity contribution in [2.75, 3.05) is 0 Å². The highest BCUT2D eigenvalue weighted by molar-refractivity contribution is 6.32. The van der Waals surface area contributed by atoms with Crippen LogP contribution < -0.4 is 4.74 Å². The zero-order chi connectivity index (χ0) is 22.0. The van der Waals surface area contributed by atoms with Gasteiger partial charge >= 0.3 is 5.97 Å². The van der Waals surface area contributed by atoms with Crippen molar-refractivity contribution in [1.29, 1.82) is 0 Å². The fourth-order valence-corrected chi connectivity index (χ4v) is 3.45. The van der Waals surface area contributed by atoms with Crippen LogP contribution in [0.5, 0.6) is 5.75 Å². The van der Waals surface area contributed by atoms with Crippen molar-refractivity contribution < 1.29 is 19.2 Å². The van der Waals surface area contributed by atoms with Gasteiger partial charge in [-0.25, -0.2) is 0 Å². The minimum absolute atomic E-state index is 0.0230. The van der Waals surface area contributed by atoms with Gasteiger partial charge in [-0.05, 0) is 56.7 Å². The zero-order valence-electron chi connectivity index (χ0n) is 17.1. The molecule has 0 spiro atoms. The lowest BCUT2D eigenvalue weighted by Gasteiger charge is -2.11. The molecule has 160 valence electrons. The van der Waals surface area contributed by atoms with Crippen molar-refractivity contribution in [3.63, 3.8) is 0 Å². The summed E-state index contributed by atoms with van der Waals surface area (Å²) >= 11 is 6.31. The number of rotatable bonds is 8. The van der Waals surface area contributed by atoms with Crippen LogP contribution >= 0.6 is 11.6 Å². The lowest BCUT2D eigenvalue weighted by Crippen LogP contribution is -2.05. The van der Waals surface area contributed by atoms with Crippen molar-refractivity contribution in [2.45, 2.75) is 39.3 Å². The van der Waals surface area contributed by atoms with E-state index in [1.165, 1.54) is 0 Å². The molecular formula is C22H21ClN4O4. The smallest absolute Gasteiger partial charge is 0.303 e. The molecule has 0 fully saturated rings. The summed E-state index contributed by atoms with van der Waals surface area (Å²) in [5, 5.41) is 18.6. The van der Waals surface area contributed by atoms with Crippen LogP contribution in [-0.2, 0) is 11.3 Å². The average molecular weight is 441 g/mol. The molecule has 2 aromatic heterocycles. The zero-order valence-corrected chi connectivity index (χ0v) is 17.8. The fourth-order valence-electron chi connectivity index (χ4n) is 3.23. The van der Waals surface area contributed by atoms with Crippen LogP contribution in [0, 0.1) is 0 Å². The number of hydrogen-bond acceptors (Lipinski definition) is 6. The van der Waals surface area contributed by atoms with E-state index in [1.54, 1.807) is 23.0 Å². The number of fused-ring (bicyclic) bond motifs is 1. The number of nitrogens with zero attached hydrogens (tertiary/aromatic N) is 4. The van der Waals surface area contributed by atoms with Crippen LogP contribution in [0.15, 0.2) is 47.1 Å². The summed E-state index contributed by atoms with van der Waals surface area (Å²) in [5.74, 6) is 0.604. The summed E-state index contributed by atoms with van der Waals surface area (Å²) in [6, 6.07) is 11.1. The van der Waals surface area contributed by atoms with Gasteiger partial charge in [-0.1, -0.05) is 16.8 Å². The summed E-state index contributed by atoms with van der Waals surface area (Å²) in [6.07, 6.45) is 2.40. The van der Waals surface area contributed by atoms with Crippen molar-refractivity contribution in [2.24, 2.45) is 0 Å². The number of aromatic nitrogens is 4. The standard InChI is InChI=1S/C22H21ClN4O4/c1-13(2)30-19-8-6-15(11-17(19)23)22-25-21(26-31-22)14-5-7-18-16(10-14)12-24-27(18)9-3-4-20(28)29/h5-8,10-13H,3-4,9H2,1-2H3,(H,28,29). The molecular weight excluding hydrogens is 420 g/mol. The molecule has 4 rings (SSSR count). The summed E-state index contributed by atoms with van der Waals surface area (Å²) in [5.41, 5.74) is 2.41. The third-order valence-electron chi connectivity index (χ3n) is 4.63. The Morgan fingerprint density at radius 3 is 2.77 bits per heavy atom. The number of aliphatic carboxylic acids is 1. The summed E-state index contributed by atoms with van der Waals surface area (Å²) < 4.78 is 12.9. The largest absolute Gasteiger partial charge is 0.489 e. The van der Waals surface area contributed by atoms with E-state index in [4.69, 9.17) is 26.0 Å². The molecule has 4 aromatic rings. The van der Waals surface area contributed by atoms with Gasteiger partial charge in [-0.2, -0.15) is 10.1 Å². The van der Waals surface area contributed by atoms with Crippen LogP contribution in [0.2, 0.25) is 5.02 Å². The van der Waals surface area contributed by atoms with E-state index in [0.717, 1.165) is 16.5 Å². The molecule has 0 radical (unpaired) electrons. The lowest BCUT2D eigenvalue weighted by atomic mass is 10.1. The Bertz CT molecular complexity index is 1230. The van der Waals surface area contributed by atoms with Gasteiger partial charge in [0.1, 0.15) is 5.75 Å². The molecule has 0 amide bonds. The molecule has 2 heterocycles. The third kappa shape index (κ3) is 4.69. The van der Waals surface area contributed by atoms with Gasteiger partial charge in [0.05, 0.1) is 22.8 Å². The molecule has 0 aliphatic heterocycles. The SMILES string of the molecule is CC(C)Oc1ccc(-c2nc(-c3ccc4c(cnn4CCCC(=O)O)c3)no2)cc1Cl. The number of hydrogen-bond donors (Lipinski definition) is 1. The normalized spacial score (nSPS) is 11.4. The maximum Gasteiger partial charge on any atom is 0.303 e. The van der Waals surface area contributed by atoms with Crippen LogP contribution in [0.1, 0.15) is 26.7 Å². The van der Waals surface area contributed by atoms with E-state index in [-0.39, 0.29) is 12.5 Å². The minimum Gasteiger partial charge on any atom is -0.489 e. The molecule has 0 saturated carbocycles. The Hall–Kier alpha value is -3.39. The first kappa shape index (κ1) is 20.9. The molecule has 0 saturated heterocycles. The van der Waals surface area contributed by atoms with Crippen LogP contribution in [0.4, 0.5) is 0 Å². The quantitative estimate of drug-likeness (QED) is 0.408. The van der Waals surface area contributed by atoms with Gasteiger partial charge in [-0.15, -0.1) is 0 Å². The van der Waals surface area contributed by atoms with Crippen LogP contribution in [0.25, 0.3) is 33.7 Å². The van der Waals surface area contributed by atoms with E-state index in [2.05, 4.69) is 15.2 Å². The highest BCUT2D eigenvalue weighted by atomic mass is 35.5. The Labute approximate surface area is 183 Å². The number of carbonyl (C=O) groups is 1. The molecule has 0 atom stereocenters. The van der Waals surface area contributed by atoms with Gasteiger partial charge in [0, 0.05) is 29.5 Å². The number of halogens is 1. The minimum atomic E-state index is -0.810. The van der Waals surface area contributed by atoms with E-state index < -0.39 is 5.97 Å². The molecule has 9 heteroatoms. The molecule has 2 aromatic carbocycles. The van der Waals surface area contributed by atoms with Crippen LogP contribution in [-0.4, -0.2) is 37.1 Å². The van der Waals surface area contributed by atoms with Gasteiger partial charge in [0.2, 0.25) is 5.82 Å². The van der Waals surface area contributed by atoms with E-state index in [1.807, 2.05) is 38.1 Å². The van der Waals surface area contributed by atoms with Crippen LogP contribution in [0.3, 0.4) is 0 Å². The monoisotopic (exact) mass is 440 g/mol. The second kappa shape index (κ2) is 8.77. The third-order valence-corrected chi connectivity index (χ3v) is 4.92. The van der Waals surface area contributed by atoms with Crippen molar-refractivity contribution in [3.8, 4) is 28.6 Å². The van der Waals surface area contributed by atoms with Crippen molar-refractivity contribution in [1.82, 2.24) is 19.9 Å². The second-order valence-electron chi connectivity index (χ2n) is 7.37. The number of carboxylic acids is 1. The predicted molar refractivity (Wildman–Crippen MR) is 116 cm³/mol. The molecule has 8 nitrogen and oxygen atoms in total. The number of carboxylic acid groups (broad SMARTS) is 1. The van der Waals surface area contributed by atoms with E-state index >= 15 is 0 Å². The molecule has 0 unspecified atom stereocenters. The Kier molecular flexibility index (Phi) is 5.90. The van der Waals surface area contributed by atoms with Gasteiger partial charge in [-0.3, -0.25) is 9.48 Å². The Balaban J connectivity index is 1.55. The molecule has 1 N–H and O–H groups in total. The highest BCUT2D eigenvalue weighted by Gasteiger charge is 2.14. The van der Waals surface area contributed by atoms with Crippen molar-refractivity contribution in [3.05, 3.63) is 47.6 Å². The topological polar surface area (TPSA) is 103 Å². The molecule has 31 heavy (non-hydrogen) atoms. The van der Waals surface area contributed by atoms with E-state index in [0.29, 0.717) is 41.0 Å². The fraction of sp³-hybridized carbons (Fsp3) is 0.273. The number of benzene rings is 2. The first-order valence-electron chi connectivity index (χ1n) is 9.89. The van der Waals surface area contributed by atoms with Gasteiger partial charge in [0.25, 0.3) is 5.89 Å². The summed E-state index contributed by atoms with van der Waals surface area (Å²) in [7, 11) is 0. The van der Waals surface area contributed by atoms with Gasteiger partial charge < -0.3 is 14.4 Å². The molecule has 0 aliphatic carbocycles. The summed E-state index contributed by atoms with van der Waals surface area (Å²) in [6.45, 7) is 4.41. The Morgan fingerprint density at radius 2 is 2.03 bits per heavy atom. The number of aryl methyl sites for hydroxylation is 1. The van der Waals surface area contributed by atoms with E-state index in [9.17, 15) is 4.79 Å². The van der Waals surface area contributed by atoms with Gasteiger partial charge in [0.15, 0.2) is 0 Å². The second-order valence-corrected chi connectivity index (χ2v) is 7.78.